The van der Waals surface area contributed by atoms with Gasteiger partial charge in [-0.2, -0.15) is 0 Å². The van der Waals surface area contributed by atoms with E-state index < -0.39 is 0 Å². The first-order valence-electron chi connectivity index (χ1n) is 10.8. The Balaban J connectivity index is 2.31. The first-order chi connectivity index (χ1) is 11.8. The molecule has 1 unspecified atom stereocenters. The Morgan fingerprint density at radius 3 is 1.83 bits per heavy atom. The standard InChI is InChI=1S/C21H44N2O/c1-4-6-8-10-12-14-21(13-11-9-7-5-2)23-17-15-22(16-18-23)19-20-24-3/h21H,4-20H2,1-3H3. The van der Waals surface area contributed by atoms with Gasteiger partial charge in [-0.15, -0.1) is 0 Å². The normalized spacial score (nSPS) is 18.1. The van der Waals surface area contributed by atoms with E-state index >= 15 is 0 Å². The molecule has 1 rings (SSSR count). The molecule has 0 radical (unpaired) electrons. The van der Waals surface area contributed by atoms with Gasteiger partial charge < -0.3 is 4.74 Å². The molecule has 1 atom stereocenters. The van der Waals surface area contributed by atoms with E-state index in [9.17, 15) is 0 Å². The molecular weight excluding hydrogens is 296 g/mol. The second kappa shape index (κ2) is 15.2. The van der Waals surface area contributed by atoms with Gasteiger partial charge in [0.2, 0.25) is 0 Å². The lowest BCUT2D eigenvalue weighted by Crippen LogP contribution is -2.50. The van der Waals surface area contributed by atoms with E-state index in [0.717, 1.165) is 19.2 Å². The van der Waals surface area contributed by atoms with Gasteiger partial charge in [0.25, 0.3) is 0 Å². The van der Waals surface area contributed by atoms with Crippen molar-refractivity contribution >= 4 is 0 Å². The summed E-state index contributed by atoms with van der Waals surface area (Å²) < 4.78 is 5.22. The molecule has 0 aromatic rings. The summed E-state index contributed by atoms with van der Waals surface area (Å²) >= 11 is 0. The number of rotatable bonds is 15. The number of hydrogen-bond acceptors (Lipinski definition) is 3. The van der Waals surface area contributed by atoms with Crippen molar-refractivity contribution < 1.29 is 4.74 Å². The van der Waals surface area contributed by atoms with E-state index in [-0.39, 0.29) is 0 Å². The minimum Gasteiger partial charge on any atom is -0.383 e. The maximum Gasteiger partial charge on any atom is 0.0589 e. The van der Waals surface area contributed by atoms with Gasteiger partial charge >= 0.3 is 0 Å². The fourth-order valence-corrected chi connectivity index (χ4v) is 3.87. The smallest absolute Gasteiger partial charge is 0.0589 e. The molecule has 0 N–H and O–H groups in total. The number of hydrogen-bond donors (Lipinski definition) is 0. The summed E-state index contributed by atoms with van der Waals surface area (Å²) in [6.07, 6.45) is 15.5. The maximum absolute atomic E-state index is 5.22. The van der Waals surface area contributed by atoms with Crippen molar-refractivity contribution in [2.24, 2.45) is 0 Å². The van der Waals surface area contributed by atoms with E-state index in [0.29, 0.717) is 0 Å². The van der Waals surface area contributed by atoms with E-state index in [1.165, 1.54) is 96.8 Å². The Hall–Kier alpha value is -0.120. The Labute approximate surface area is 152 Å². The highest BCUT2D eigenvalue weighted by atomic mass is 16.5. The third-order valence-electron chi connectivity index (χ3n) is 5.57. The summed E-state index contributed by atoms with van der Waals surface area (Å²) in [7, 11) is 1.81. The predicted octanol–water partition coefficient (Wildman–Crippen LogP) is 4.95. The van der Waals surface area contributed by atoms with Crippen LogP contribution in [0.4, 0.5) is 0 Å². The Bertz CT molecular complexity index is 265. The van der Waals surface area contributed by atoms with Gasteiger partial charge in [-0.1, -0.05) is 71.6 Å². The molecule has 1 heterocycles. The summed E-state index contributed by atoms with van der Waals surface area (Å²) in [5.41, 5.74) is 0. The fraction of sp³-hybridized carbons (Fsp3) is 1.00. The average Bonchev–Trinajstić information content (AvgIpc) is 2.62. The molecule has 0 aromatic carbocycles. The fourth-order valence-electron chi connectivity index (χ4n) is 3.87. The average molecular weight is 341 g/mol. The number of piperazine rings is 1. The van der Waals surface area contributed by atoms with Gasteiger partial charge in [0.05, 0.1) is 6.61 Å². The topological polar surface area (TPSA) is 15.7 Å². The molecule has 0 bridgehead atoms. The number of nitrogens with zero attached hydrogens (tertiary/aromatic N) is 2. The SMILES string of the molecule is CCCCCCCC(CCCCCC)N1CCN(CCOC)CC1. The lowest BCUT2D eigenvalue weighted by Gasteiger charge is -2.39. The predicted molar refractivity (Wildman–Crippen MR) is 106 cm³/mol. The molecule has 0 spiro atoms. The molecule has 144 valence electrons. The second-order valence-electron chi connectivity index (χ2n) is 7.58. The van der Waals surface area contributed by atoms with Gasteiger partial charge in [0.1, 0.15) is 0 Å². The molecule has 1 aliphatic heterocycles. The summed E-state index contributed by atoms with van der Waals surface area (Å²) in [5.74, 6) is 0. The second-order valence-corrected chi connectivity index (χ2v) is 7.58. The van der Waals surface area contributed by atoms with Gasteiger partial charge in [-0.05, 0) is 12.8 Å². The van der Waals surface area contributed by atoms with Gasteiger partial charge in [0.15, 0.2) is 0 Å². The van der Waals surface area contributed by atoms with Crippen LogP contribution in [0.2, 0.25) is 0 Å². The molecule has 0 aliphatic carbocycles. The van der Waals surface area contributed by atoms with Gasteiger partial charge in [-0.25, -0.2) is 0 Å². The van der Waals surface area contributed by atoms with E-state index in [2.05, 4.69) is 23.6 Å². The third-order valence-corrected chi connectivity index (χ3v) is 5.57. The van der Waals surface area contributed by atoms with Gasteiger partial charge in [0, 0.05) is 45.9 Å². The summed E-state index contributed by atoms with van der Waals surface area (Å²) in [4.78, 5) is 5.37. The maximum atomic E-state index is 5.22. The molecule has 3 heteroatoms. The Morgan fingerprint density at radius 2 is 1.29 bits per heavy atom. The van der Waals surface area contributed by atoms with Crippen molar-refractivity contribution in [1.82, 2.24) is 9.80 Å². The number of methoxy groups -OCH3 is 1. The van der Waals surface area contributed by atoms with E-state index in [4.69, 9.17) is 4.74 Å². The van der Waals surface area contributed by atoms with Crippen LogP contribution in [0.15, 0.2) is 0 Å². The van der Waals surface area contributed by atoms with Crippen molar-refractivity contribution in [3.05, 3.63) is 0 Å². The van der Waals surface area contributed by atoms with Crippen LogP contribution < -0.4 is 0 Å². The lowest BCUT2D eigenvalue weighted by molar-refractivity contribution is 0.0676. The van der Waals surface area contributed by atoms with Gasteiger partial charge in [-0.3, -0.25) is 9.80 Å². The lowest BCUT2D eigenvalue weighted by atomic mass is 9.98. The minimum absolute atomic E-state index is 0.841. The largest absolute Gasteiger partial charge is 0.383 e. The van der Waals surface area contributed by atoms with Crippen LogP contribution in [-0.4, -0.2) is 62.3 Å². The van der Waals surface area contributed by atoms with Crippen LogP contribution in [0.5, 0.6) is 0 Å². The van der Waals surface area contributed by atoms with Crippen molar-refractivity contribution in [2.75, 3.05) is 46.4 Å². The van der Waals surface area contributed by atoms with E-state index in [1.807, 2.05) is 0 Å². The number of unbranched alkanes of at least 4 members (excludes halogenated alkanes) is 7. The van der Waals surface area contributed by atoms with Crippen LogP contribution in [0, 0.1) is 0 Å². The summed E-state index contributed by atoms with van der Waals surface area (Å²) in [6, 6.07) is 0.841. The highest BCUT2D eigenvalue weighted by molar-refractivity contribution is 4.79. The summed E-state index contributed by atoms with van der Waals surface area (Å²) in [5, 5.41) is 0. The molecule has 24 heavy (non-hydrogen) atoms. The highest BCUT2D eigenvalue weighted by Crippen LogP contribution is 2.19. The first kappa shape index (κ1) is 21.9. The molecule has 0 amide bonds. The molecule has 0 saturated carbocycles. The van der Waals surface area contributed by atoms with Crippen molar-refractivity contribution in [2.45, 2.75) is 90.5 Å². The summed E-state index contributed by atoms with van der Waals surface area (Å²) in [6.45, 7) is 11.6. The molecule has 1 saturated heterocycles. The minimum atomic E-state index is 0.841. The zero-order chi connectivity index (χ0) is 17.5. The van der Waals surface area contributed by atoms with Crippen molar-refractivity contribution in [1.29, 1.82) is 0 Å². The number of ether oxygens (including phenoxy) is 1. The Kier molecular flexibility index (Phi) is 13.8. The van der Waals surface area contributed by atoms with Crippen LogP contribution in [0.3, 0.4) is 0 Å². The molecule has 1 fully saturated rings. The zero-order valence-corrected chi connectivity index (χ0v) is 16.9. The van der Waals surface area contributed by atoms with Crippen molar-refractivity contribution in [3.63, 3.8) is 0 Å². The molecule has 3 nitrogen and oxygen atoms in total. The molecule has 0 aromatic heterocycles. The third kappa shape index (κ3) is 10.0. The first-order valence-corrected chi connectivity index (χ1v) is 10.8. The van der Waals surface area contributed by atoms with Crippen LogP contribution in [0.25, 0.3) is 0 Å². The van der Waals surface area contributed by atoms with E-state index in [1.54, 1.807) is 7.11 Å². The Morgan fingerprint density at radius 1 is 0.750 bits per heavy atom. The highest BCUT2D eigenvalue weighted by Gasteiger charge is 2.23. The van der Waals surface area contributed by atoms with Crippen LogP contribution in [-0.2, 0) is 4.74 Å². The molecular formula is C21H44N2O. The van der Waals surface area contributed by atoms with Crippen molar-refractivity contribution in [3.8, 4) is 0 Å². The monoisotopic (exact) mass is 340 g/mol. The molecule has 1 aliphatic rings. The zero-order valence-electron chi connectivity index (χ0n) is 16.9. The van der Waals surface area contributed by atoms with Crippen LogP contribution in [0.1, 0.15) is 84.5 Å². The van der Waals surface area contributed by atoms with Crippen LogP contribution >= 0.6 is 0 Å². The quantitative estimate of drug-likeness (QED) is 0.392.